The monoisotopic (exact) mass is 339 g/mol. The molecule has 6 nitrogen and oxygen atoms in total. The van der Waals surface area contributed by atoms with Crippen molar-refractivity contribution in [3.63, 3.8) is 0 Å². The highest BCUT2D eigenvalue weighted by Crippen LogP contribution is 2.28. The minimum Gasteiger partial charge on any atom is -0.495 e. The number of hydrogen-bond donors (Lipinski definition) is 2. The van der Waals surface area contributed by atoms with E-state index >= 15 is 0 Å². The molecule has 0 atom stereocenters. The molecule has 1 aromatic carbocycles. The zero-order valence-electron chi connectivity index (χ0n) is 10.3. The second kappa shape index (κ2) is 5.79. The summed E-state index contributed by atoms with van der Waals surface area (Å²) >= 11 is 3.30. The first-order chi connectivity index (χ1) is 9.51. The van der Waals surface area contributed by atoms with E-state index in [2.05, 4.69) is 21.2 Å². The quantitative estimate of drug-likeness (QED) is 0.893. The normalized spacial score (nSPS) is 10.1. The summed E-state index contributed by atoms with van der Waals surface area (Å²) in [6, 6.07) is 6.18. The van der Waals surface area contributed by atoms with Gasteiger partial charge in [0.15, 0.2) is 5.76 Å². The van der Waals surface area contributed by atoms with E-state index in [0.29, 0.717) is 11.4 Å². The summed E-state index contributed by atoms with van der Waals surface area (Å²) in [7, 11) is 1.51. The van der Waals surface area contributed by atoms with Crippen LogP contribution in [0.25, 0.3) is 0 Å². The molecule has 0 radical (unpaired) electrons. The molecule has 0 saturated carbocycles. The van der Waals surface area contributed by atoms with Crippen molar-refractivity contribution >= 4 is 33.5 Å². The molecule has 1 amide bonds. The van der Waals surface area contributed by atoms with Gasteiger partial charge in [0.1, 0.15) is 12.0 Å². The Morgan fingerprint density at radius 1 is 1.35 bits per heavy atom. The Bertz CT molecular complexity index is 665. The molecule has 7 heteroatoms. The van der Waals surface area contributed by atoms with E-state index in [1.165, 1.54) is 7.11 Å². The number of benzene rings is 1. The molecule has 1 aromatic heterocycles. The zero-order chi connectivity index (χ0) is 14.7. The van der Waals surface area contributed by atoms with Gasteiger partial charge in [-0.15, -0.1) is 0 Å². The second-order valence-corrected chi connectivity index (χ2v) is 4.66. The lowest BCUT2D eigenvalue weighted by molar-refractivity contribution is 0.0696. The first-order valence-electron chi connectivity index (χ1n) is 5.48. The van der Waals surface area contributed by atoms with E-state index in [4.69, 9.17) is 14.3 Å². The van der Waals surface area contributed by atoms with Crippen molar-refractivity contribution < 1.29 is 23.8 Å². The summed E-state index contributed by atoms with van der Waals surface area (Å²) in [4.78, 5) is 22.6. The van der Waals surface area contributed by atoms with Gasteiger partial charge in [-0.25, -0.2) is 4.79 Å². The van der Waals surface area contributed by atoms with Gasteiger partial charge >= 0.3 is 5.97 Å². The summed E-state index contributed by atoms with van der Waals surface area (Å²) in [5.41, 5.74) is 0.423. The van der Waals surface area contributed by atoms with Crippen molar-refractivity contribution in [2.75, 3.05) is 12.4 Å². The summed E-state index contributed by atoms with van der Waals surface area (Å²) in [6.07, 6.45) is 1.01. The Hall–Kier alpha value is -2.28. The van der Waals surface area contributed by atoms with Crippen LogP contribution < -0.4 is 10.1 Å². The fraction of sp³-hybridized carbons (Fsp3) is 0.0769. The molecular formula is C13H10BrNO5. The second-order valence-electron chi connectivity index (χ2n) is 3.81. The molecule has 0 spiro atoms. The van der Waals surface area contributed by atoms with Gasteiger partial charge in [-0.1, -0.05) is 0 Å². The average Bonchev–Trinajstić information content (AvgIpc) is 2.91. The molecule has 0 aliphatic heterocycles. The van der Waals surface area contributed by atoms with E-state index in [1.54, 1.807) is 18.2 Å². The van der Waals surface area contributed by atoms with Crippen LogP contribution in [-0.4, -0.2) is 24.1 Å². The molecule has 1 heterocycles. The van der Waals surface area contributed by atoms with Crippen molar-refractivity contribution in [3.05, 3.63) is 46.3 Å². The van der Waals surface area contributed by atoms with E-state index in [0.717, 1.165) is 16.8 Å². The lowest BCUT2D eigenvalue weighted by atomic mass is 10.2. The summed E-state index contributed by atoms with van der Waals surface area (Å²) < 4.78 is 10.8. The molecule has 0 fully saturated rings. The SMILES string of the molecule is COc1cc(NC(=O)c2cc(C(=O)O)co2)ccc1Br. The fourth-order valence-corrected chi connectivity index (χ4v) is 1.91. The Morgan fingerprint density at radius 2 is 2.10 bits per heavy atom. The van der Waals surface area contributed by atoms with Crippen LogP contribution >= 0.6 is 15.9 Å². The fourth-order valence-electron chi connectivity index (χ4n) is 1.50. The van der Waals surface area contributed by atoms with E-state index in [9.17, 15) is 9.59 Å². The molecule has 0 bridgehead atoms. The molecule has 20 heavy (non-hydrogen) atoms. The summed E-state index contributed by atoms with van der Waals surface area (Å²) in [6.45, 7) is 0. The average molecular weight is 340 g/mol. The van der Waals surface area contributed by atoms with E-state index in [-0.39, 0.29) is 11.3 Å². The van der Waals surface area contributed by atoms with Crippen LogP contribution in [0.4, 0.5) is 5.69 Å². The minimum atomic E-state index is -1.15. The maximum Gasteiger partial charge on any atom is 0.338 e. The third-order valence-electron chi connectivity index (χ3n) is 2.48. The lowest BCUT2D eigenvalue weighted by Crippen LogP contribution is -2.11. The topological polar surface area (TPSA) is 88.8 Å². The Labute approximate surface area is 122 Å². The number of hydrogen-bond acceptors (Lipinski definition) is 4. The van der Waals surface area contributed by atoms with Crippen molar-refractivity contribution in [1.29, 1.82) is 0 Å². The van der Waals surface area contributed by atoms with Crippen LogP contribution in [0.3, 0.4) is 0 Å². The van der Waals surface area contributed by atoms with Gasteiger partial charge in [0.25, 0.3) is 5.91 Å². The van der Waals surface area contributed by atoms with Gasteiger partial charge in [-0.3, -0.25) is 4.79 Å². The van der Waals surface area contributed by atoms with Crippen LogP contribution in [0, 0.1) is 0 Å². The smallest absolute Gasteiger partial charge is 0.338 e. The number of methoxy groups -OCH3 is 1. The molecule has 0 saturated heterocycles. The molecular weight excluding hydrogens is 330 g/mol. The van der Waals surface area contributed by atoms with Crippen LogP contribution in [0.2, 0.25) is 0 Å². The molecule has 0 unspecified atom stereocenters. The molecule has 104 valence electrons. The summed E-state index contributed by atoms with van der Waals surface area (Å²) in [5.74, 6) is -1.21. The zero-order valence-corrected chi connectivity index (χ0v) is 11.9. The third kappa shape index (κ3) is 3.00. The van der Waals surface area contributed by atoms with Crippen LogP contribution in [-0.2, 0) is 0 Å². The van der Waals surface area contributed by atoms with E-state index < -0.39 is 11.9 Å². The molecule has 2 N–H and O–H groups in total. The molecule has 0 aliphatic rings. The van der Waals surface area contributed by atoms with Crippen molar-refractivity contribution in [3.8, 4) is 5.75 Å². The van der Waals surface area contributed by atoms with Crippen molar-refractivity contribution in [2.45, 2.75) is 0 Å². The molecule has 0 aliphatic carbocycles. The maximum absolute atomic E-state index is 11.9. The number of halogens is 1. The number of ether oxygens (including phenoxy) is 1. The Balaban J connectivity index is 2.16. The summed E-state index contributed by atoms with van der Waals surface area (Å²) in [5, 5.41) is 11.3. The number of carbonyl (C=O) groups is 2. The van der Waals surface area contributed by atoms with Gasteiger partial charge in [0.05, 0.1) is 17.1 Å². The predicted octanol–water partition coefficient (Wildman–Crippen LogP) is 3.00. The van der Waals surface area contributed by atoms with E-state index in [1.807, 2.05) is 0 Å². The minimum absolute atomic E-state index is 0.0794. The number of nitrogens with one attached hydrogen (secondary N) is 1. The number of rotatable bonds is 4. The number of carbonyl (C=O) groups excluding carboxylic acids is 1. The van der Waals surface area contributed by atoms with Crippen LogP contribution in [0.5, 0.6) is 5.75 Å². The van der Waals surface area contributed by atoms with Crippen molar-refractivity contribution in [2.24, 2.45) is 0 Å². The predicted molar refractivity (Wildman–Crippen MR) is 74.3 cm³/mol. The number of amides is 1. The molecule has 2 aromatic rings. The standard InChI is InChI=1S/C13H10BrNO5/c1-19-10-5-8(2-3-9(10)14)15-12(16)11-4-7(6-20-11)13(17)18/h2-6H,1H3,(H,15,16)(H,17,18). The number of aromatic carboxylic acids is 1. The van der Waals surface area contributed by atoms with Crippen LogP contribution in [0.15, 0.2) is 39.4 Å². The number of carboxylic acid groups (broad SMARTS) is 1. The highest BCUT2D eigenvalue weighted by Gasteiger charge is 2.15. The Morgan fingerprint density at radius 3 is 2.70 bits per heavy atom. The number of carboxylic acids is 1. The van der Waals surface area contributed by atoms with Gasteiger partial charge < -0.3 is 19.6 Å². The first-order valence-corrected chi connectivity index (χ1v) is 6.27. The third-order valence-corrected chi connectivity index (χ3v) is 3.13. The molecule has 2 rings (SSSR count). The lowest BCUT2D eigenvalue weighted by Gasteiger charge is -2.07. The van der Waals surface area contributed by atoms with Gasteiger partial charge in [-0.2, -0.15) is 0 Å². The Kier molecular flexibility index (Phi) is 4.09. The highest BCUT2D eigenvalue weighted by molar-refractivity contribution is 9.10. The maximum atomic E-state index is 11.9. The van der Waals surface area contributed by atoms with Crippen molar-refractivity contribution in [1.82, 2.24) is 0 Å². The highest BCUT2D eigenvalue weighted by atomic mass is 79.9. The first kappa shape index (κ1) is 14.1. The van der Waals surface area contributed by atoms with Gasteiger partial charge in [-0.05, 0) is 28.1 Å². The van der Waals surface area contributed by atoms with Crippen LogP contribution in [0.1, 0.15) is 20.9 Å². The number of furan rings is 1. The van der Waals surface area contributed by atoms with Gasteiger partial charge in [0, 0.05) is 17.8 Å². The van der Waals surface area contributed by atoms with Gasteiger partial charge in [0.2, 0.25) is 0 Å². The largest absolute Gasteiger partial charge is 0.495 e. The number of anilines is 1.